The van der Waals surface area contributed by atoms with Gasteiger partial charge in [-0.15, -0.1) is 11.3 Å². The van der Waals surface area contributed by atoms with E-state index in [9.17, 15) is 4.79 Å². The number of ether oxygens (including phenoxy) is 1. The normalized spacial score (nSPS) is 15.8. The molecule has 2 heterocycles. The molecule has 1 atom stereocenters. The van der Waals surface area contributed by atoms with E-state index in [1.165, 1.54) is 0 Å². The van der Waals surface area contributed by atoms with Crippen LogP contribution in [0.5, 0.6) is 5.75 Å². The summed E-state index contributed by atoms with van der Waals surface area (Å²) in [6.07, 6.45) is -0.635. The minimum Gasteiger partial charge on any atom is -0.448 e. The van der Waals surface area contributed by atoms with E-state index in [2.05, 4.69) is 15.6 Å². The van der Waals surface area contributed by atoms with Gasteiger partial charge in [-0.1, -0.05) is 17.7 Å². The van der Waals surface area contributed by atoms with E-state index >= 15 is 0 Å². The first-order valence-electron chi connectivity index (χ1n) is 7.00. The van der Waals surface area contributed by atoms with E-state index in [0.29, 0.717) is 16.3 Å². The fourth-order valence-corrected chi connectivity index (χ4v) is 3.52. The monoisotopic (exact) mass is 345 g/mol. The molecular formula is C16H12ClN3O2S. The first-order chi connectivity index (χ1) is 11.1. The summed E-state index contributed by atoms with van der Waals surface area (Å²) < 4.78 is 6.88. The van der Waals surface area contributed by atoms with Gasteiger partial charge in [0, 0.05) is 10.6 Å². The minimum atomic E-state index is -0.635. The number of carbonyl (C=O) groups is 1. The summed E-state index contributed by atoms with van der Waals surface area (Å²) in [5, 5.41) is 7.40. The fourth-order valence-electron chi connectivity index (χ4n) is 2.50. The molecule has 1 aliphatic heterocycles. The first kappa shape index (κ1) is 14.3. The second-order valence-electron chi connectivity index (χ2n) is 5.15. The van der Waals surface area contributed by atoms with Gasteiger partial charge in [0.25, 0.3) is 12.3 Å². The van der Waals surface area contributed by atoms with Crippen LogP contribution in [0.2, 0.25) is 5.02 Å². The number of benzene rings is 2. The van der Waals surface area contributed by atoms with Crippen LogP contribution in [0.4, 0.5) is 5.69 Å². The summed E-state index contributed by atoms with van der Waals surface area (Å²) in [5.41, 5.74) is 2.12. The number of fused-ring (bicyclic) bond motifs is 3. The number of hydrogen-bond donors (Lipinski definition) is 2. The minimum absolute atomic E-state index is 0.261. The highest BCUT2D eigenvalue weighted by Crippen LogP contribution is 2.39. The van der Waals surface area contributed by atoms with Gasteiger partial charge in [-0.05, 0) is 37.3 Å². The Morgan fingerprint density at radius 3 is 3.09 bits per heavy atom. The third-order valence-electron chi connectivity index (χ3n) is 3.49. The number of halogens is 1. The number of aromatic nitrogens is 1. The summed E-state index contributed by atoms with van der Waals surface area (Å²) in [6.45, 7) is 1.96. The molecule has 0 saturated heterocycles. The molecule has 116 valence electrons. The molecule has 2 aromatic carbocycles. The second kappa shape index (κ2) is 5.40. The first-order valence-corrected chi connectivity index (χ1v) is 8.19. The van der Waals surface area contributed by atoms with Crippen LogP contribution in [0, 0.1) is 6.92 Å². The molecule has 1 unspecified atom stereocenters. The smallest absolute Gasteiger partial charge is 0.255 e. The van der Waals surface area contributed by atoms with Crippen LogP contribution < -0.4 is 15.4 Å². The Morgan fingerprint density at radius 1 is 1.39 bits per heavy atom. The van der Waals surface area contributed by atoms with E-state index in [-0.39, 0.29) is 5.91 Å². The van der Waals surface area contributed by atoms with Gasteiger partial charge in [0.15, 0.2) is 5.75 Å². The van der Waals surface area contributed by atoms with E-state index in [0.717, 1.165) is 20.9 Å². The predicted molar refractivity (Wildman–Crippen MR) is 91.3 cm³/mol. The van der Waals surface area contributed by atoms with Crippen molar-refractivity contribution in [2.24, 2.45) is 0 Å². The van der Waals surface area contributed by atoms with Crippen LogP contribution in [0.1, 0.15) is 15.4 Å². The summed E-state index contributed by atoms with van der Waals surface area (Å²) in [6, 6.07) is 10.7. The lowest BCUT2D eigenvalue weighted by Gasteiger charge is -2.13. The van der Waals surface area contributed by atoms with E-state index < -0.39 is 6.35 Å². The number of anilines is 1. The lowest BCUT2D eigenvalue weighted by atomic mass is 10.2. The third kappa shape index (κ3) is 2.60. The maximum atomic E-state index is 12.3. The number of carbonyl (C=O) groups excluding carboxylic acids is 1. The van der Waals surface area contributed by atoms with Gasteiger partial charge in [-0.2, -0.15) is 0 Å². The Balaban J connectivity index is 1.56. The number of hydrogen-bond acceptors (Lipinski definition) is 5. The molecule has 7 heteroatoms. The van der Waals surface area contributed by atoms with E-state index in [1.54, 1.807) is 35.6 Å². The SMILES string of the molecule is Cc1nc2c3c(ccc2s1)NC(NC(=O)c1cccc(Cl)c1)O3. The molecule has 0 fully saturated rings. The second-order valence-corrected chi connectivity index (χ2v) is 6.82. The molecule has 0 spiro atoms. The van der Waals surface area contributed by atoms with Gasteiger partial charge in [-0.3, -0.25) is 10.1 Å². The topological polar surface area (TPSA) is 63.2 Å². The third-order valence-corrected chi connectivity index (χ3v) is 4.66. The Morgan fingerprint density at radius 2 is 2.26 bits per heavy atom. The van der Waals surface area contributed by atoms with Gasteiger partial charge in [0.05, 0.1) is 15.4 Å². The molecule has 0 saturated carbocycles. The summed E-state index contributed by atoms with van der Waals surface area (Å²) >= 11 is 7.52. The van der Waals surface area contributed by atoms with Gasteiger partial charge in [0.1, 0.15) is 5.52 Å². The number of thiazole rings is 1. The zero-order chi connectivity index (χ0) is 16.0. The van der Waals surface area contributed by atoms with Gasteiger partial charge in [-0.25, -0.2) is 4.98 Å². The van der Waals surface area contributed by atoms with Crippen molar-refractivity contribution < 1.29 is 9.53 Å². The molecule has 0 radical (unpaired) electrons. The van der Waals surface area contributed by atoms with Crippen LogP contribution in [-0.4, -0.2) is 17.2 Å². The Kier molecular flexibility index (Phi) is 3.36. The van der Waals surface area contributed by atoms with Crippen LogP contribution in [0.15, 0.2) is 36.4 Å². The van der Waals surface area contributed by atoms with Crippen molar-refractivity contribution in [3.63, 3.8) is 0 Å². The van der Waals surface area contributed by atoms with Gasteiger partial charge < -0.3 is 10.1 Å². The highest BCUT2D eigenvalue weighted by molar-refractivity contribution is 7.18. The van der Waals surface area contributed by atoms with E-state index in [1.807, 2.05) is 19.1 Å². The van der Waals surface area contributed by atoms with Crippen molar-refractivity contribution in [1.82, 2.24) is 10.3 Å². The van der Waals surface area contributed by atoms with Crippen molar-refractivity contribution in [2.75, 3.05) is 5.32 Å². The number of amides is 1. The highest BCUT2D eigenvalue weighted by Gasteiger charge is 2.26. The zero-order valence-electron chi connectivity index (χ0n) is 12.1. The molecule has 2 N–H and O–H groups in total. The molecular weight excluding hydrogens is 334 g/mol. The molecule has 5 nitrogen and oxygen atoms in total. The predicted octanol–water partition coefficient (Wildman–Crippen LogP) is 3.78. The summed E-state index contributed by atoms with van der Waals surface area (Å²) in [5.74, 6) is 0.409. The Hall–Kier alpha value is -2.31. The average Bonchev–Trinajstić information content (AvgIpc) is 3.08. The van der Waals surface area contributed by atoms with Crippen molar-refractivity contribution in [3.05, 3.63) is 52.0 Å². The van der Waals surface area contributed by atoms with E-state index in [4.69, 9.17) is 16.3 Å². The molecule has 0 aliphatic carbocycles. The average molecular weight is 346 g/mol. The Labute approximate surface area is 141 Å². The maximum Gasteiger partial charge on any atom is 0.255 e. The number of aryl methyl sites for hydroxylation is 1. The number of rotatable bonds is 2. The fraction of sp³-hybridized carbons (Fsp3) is 0.125. The van der Waals surface area contributed by atoms with Crippen molar-refractivity contribution in [2.45, 2.75) is 13.3 Å². The Bertz CT molecular complexity index is 925. The molecule has 1 aromatic heterocycles. The van der Waals surface area contributed by atoms with Crippen LogP contribution in [0.3, 0.4) is 0 Å². The maximum absolute atomic E-state index is 12.3. The molecule has 1 aliphatic rings. The molecule has 0 bridgehead atoms. The van der Waals surface area contributed by atoms with Crippen LogP contribution in [-0.2, 0) is 0 Å². The highest BCUT2D eigenvalue weighted by atomic mass is 35.5. The number of nitrogens with one attached hydrogen (secondary N) is 2. The molecule has 3 aromatic rings. The standard InChI is InChI=1S/C16H12ClN3O2S/c1-8-18-13-12(23-8)6-5-11-14(13)22-16(19-11)20-15(21)9-3-2-4-10(17)7-9/h2-7,16,19H,1H3,(H,20,21). The summed E-state index contributed by atoms with van der Waals surface area (Å²) in [7, 11) is 0. The molecule has 4 rings (SSSR count). The lowest BCUT2D eigenvalue weighted by molar-refractivity contribution is 0.0876. The van der Waals surface area contributed by atoms with Crippen LogP contribution in [0.25, 0.3) is 10.2 Å². The lowest BCUT2D eigenvalue weighted by Crippen LogP contribution is -2.41. The largest absolute Gasteiger partial charge is 0.448 e. The van der Waals surface area contributed by atoms with Gasteiger partial charge in [0.2, 0.25) is 0 Å². The zero-order valence-corrected chi connectivity index (χ0v) is 13.7. The van der Waals surface area contributed by atoms with Crippen molar-refractivity contribution >= 4 is 44.7 Å². The number of nitrogens with zero attached hydrogens (tertiary/aromatic N) is 1. The molecule has 1 amide bonds. The van der Waals surface area contributed by atoms with Crippen molar-refractivity contribution in [1.29, 1.82) is 0 Å². The van der Waals surface area contributed by atoms with Gasteiger partial charge >= 0.3 is 0 Å². The quantitative estimate of drug-likeness (QED) is 0.742. The van der Waals surface area contributed by atoms with Crippen molar-refractivity contribution in [3.8, 4) is 5.75 Å². The molecule has 23 heavy (non-hydrogen) atoms. The van der Waals surface area contributed by atoms with Crippen LogP contribution >= 0.6 is 22.9 Å². The summed E-state index contributed by atoms with van der Waals surface area (Å²) in [4.78, 5) is 16.8.